The smallest absolute Gasteiger partial charge is 0.151 e. The molecule has 0 amide bonds. The first-order chi connectivity index (χ1) is 8.04. The maximum atomic E-state index is 5.30. The lowest BCUT2D eigenvalue weighted by molar-refractivity contribution is 0.343. The second-order valence-corrected chi connectivity index (χ2v) is 5.15. The van der Waals surface area contributed by atoms with Crippen LogP contribution in [0, 0.1) is 0 Å². The Morgan fingerprint density at radius 3 is 2.53 bits per heavy atom. The van der Waals surface area contributed by atoms with Gasteiger partial charge in [0, 0.05) is 17.2 Å². The highest BCUT2D eigenvalue weighted by Gasteiger charge is 2.11. The van der Waals surface area contributed by atoms with E-state index in [1.807, 2.05) is 36.4 Å². The number of aromatic nitrogens is 1. The summed E-state index contributed by atoms with van der Waals surface area (Å²) in [4.78, 5) is 0. The van der Waals surface area contributed by atoms with Gasteiger partial charge in [-0.25, -0.2) is 0 Å². The molecular weight excluding hydrogens is 212 g/mol. The lowest BCUT2D eigenvalue weighted by Crippen LogP contribution is -2.34. The van der Waals surface area contributed by atoms with Crippen LogP contribution in [0.4, 0.5) is 0 Å². The standard InChI is InChI=1S/C14H18N2O/c1-14(2,3)15-10-12-9-13(16-17-12)11-7-5-4-6-8-11/h4-9,15H,10H2,1-3H3. The molecule has 0 fully saturated rings. The summed E-state index contributed by atoms with van der Waals surface area (Å²) in [5.74, 6) is 0.860. The average Bonchev–Trinajstić information content (AvgIpc) is 2.75. The number of nitrogens with one attached hydrogen (secondary N) is 1. The molecule has 17 heavy (non-hydrogen) atoms. The number of hydrogen-bond acceptors (Lipinski definition) is 3. The Morgan fingerprint density at radius 1 is 1.18 bits per heavy atom. The molecular formula is C14H18N2O. The van der Waals surface area contributed by atoms with Crippen LogP contribution >= 0.6 is 0 Å². The van der Waals surface area contributed by atoms with E-state index in [2.05, 4.69) is 31.2 Å². The van der Waals surface area contributed by atoms with Crippen LogP contribution in [-0.4, -0.2) is 10.7 Å². The predicted molar refractivity (Wildman–Crippen MR) is 68.5 cm³/mol. The minimum absolute atomic E-state index is 0.0830. The van der Waals surface area contributed by atoms with Crippen LogP contribution < -0.4 is 5.32 Å². The van der Waals surface area contributed by atoms with E-state index in [1.54, 1.807) is 0 Å². The molecule has 1 heterocycles. The molecule has 1 N–H and O–H groups in total. The van der Waals surface area contributed by atoms with Gasteiger partial charge >= 0.3 is 0 Å². The van der Waals surface area contributed by atoms with Gasteiger partial charge in [-0.1, -0.05) is 35.5 Å². The van der Waals surface area contributed by atoms with E-state index >= 15 is 0 Å². The largest absolute Gasteiger partial charge is 0.359 e. The van der Waals surface area contributed by atoms with Crippen molar-refractivity contribution in [2.24, 2.45) is 0 Å². The first-order valence-corrected chi connectivity index (χ1v) is 5.81. The highest BCUT2D eigenvalue weighted by Crippen LogP contribution is 2.18. The molecule has 3 nitrogen and oxygen atoms in total. The molecule has 0 bridgehead atoms. The maximum absolute atomic E-state index is 5.30. The SMILES string of the molecule is CC(C)(C)NCc1cc(-c2ccccc2)no1. The fourth-order valence-electron chi connectivity index (χ4n) is 1.49. The summed E-state index contributed by atoms with van der Waals surface area (Å²) in [6.07, 6.45) is 0. The highest BCUT2D eigenvalue weighted by molar-refractivity contribution is 5.58. The van der Waals surface area contributed by atoms with E-state index in [-0.39, 0.29) is 5.54 Å². The van der Waals surface area contributed by atoms with Crippen molar-refractivity contribution in [2.75, 3.05) is 0 Å². The van der Waals surface area contributed by atoms with Crippen LogP contribution in [0.2, 0.25) is 0 Å². The number of rotatable bonds is 3. The molecule has 2 aromatic rings. The van der Waals surface area contributed by atoms with Gasteiger partial charge in [0.05, 0.1) is 6.54 Å². The van der Waals surface area contributed by atoms with E-state index < -0.39 is 0 Å². The van der Waals surface area contributed by atoms with Gasteiger partial charge in [0.25, 0.3) is 0 Å². The molecule has 0 unspecified atom stereocenters. The Kier molecular flexibility index (Phi) is 3.29. The molecule has 0 atom stereocenters. The normalized spacial score (nSPS) is 11.7. The number of hydrogen-bond donors (Lipinski definition) is 1. The minimum atomic E-state index is 0.0830. The lowest BCUT2D eigenvalue weighted by atomic mass is 10.1. The van der Waals surface area contributed by atoms with E-state index in [1.165, 1.54) is 0 Å². The van der Waals surface area contributed by atoms with E-state index in [9.17, 15) is 0 Å². The Labute approximate surface area is 102 Å². The van der Waals surface area contributed by atoms with E-state index in [0.717, 1.165) is 17.0 Å². The van der Waals surface area contributed by atoms with Crippen molar-refractivity contribution in [2.45, 2.75) is 32.9 Å². The Morgan fingerprint density at radius 2 is 1.88 bits per heavy atom. The van der Waals surface area contributed by atoms with Crippen molar-refractivity contribution in [3.05, 3.63) is 42.2 Å². The highest BCUT2D eigenvalue weighted by atomic mass is 16.5. The molecule has 0 aliphatic heterocycles. The average molecular weight is 230 g/mol. The van der Waals surface area contributed by atoms with Gasteiger partial charge in [0.1, 0.15) is 5.69 Å². The van der Waals surface area contributed by atoms with Crippen molar-refractivity contribution in [1.29, 1.82) is 0 Å². The van der Waals surface area contributed by atoms with Crippen molar-refractivity contribution in [3.8, 4) is 11.3 Å². The molecule has 0 radical (unpaired) electrons. The number of benzene rings is 1. The van der Waals surface area contributed by atoms with Gasteiger partial charge < -0.3 is 9.84 Å². The zero-order chi connectivity index (χ0) is 12.3. The van der Waals surface area contributed by atoms with Crippen LogP contribution in [0.5, 0.6) is 0 Å². The third-order valence-electron chi connectivity index (χ3n) is 2.42. The van der Waals surface area contributed by atoms with Gasteiger partial charge in [-0.3, -0.25) is 0 Å². The van der Waals surface area contributed by atoms with E-state index in [4.69, 9.17) is 4.52 Å². The molecule has 0 spiro atoms. The Hall–Kier alpha value is -1.61. The second-order valence-electron chi connectivity index (χ2n) is 5.15. The molecule has 0 aliphatic carbocycles. The van der Waals surface area contributed by atoms with Gasteiger partial charge in [0.15, 0.2) is 5.76 Å². The second kappa shape index (κ2) is 4.72. The molecule has 1 aromatic heterocycles. The van der Waals surface area contributed by atoms with Crippen molar-refractivity contribution in [3.63, 3.8) is 0 Å². The predicted octanol–water partition coefficient (Wildman–Crippen LogP) is 3.23. The quantitative estimate of drug-likeness (QED) is 0.879. The topological polar surface area (TPSA) is 38.1 Å². The van der Waals surface area contributed by atoms with Crippen LogP contribution in [0.1, 0.15) is 26.5 Å². The monoisotopic (exact) mass is 230 g/mol. The fraction of sp³-hybridized carbons (Fsp3) is 0.357. The van der Waals surface area contributed by atoms with Crippen LogP contribution in [0.3, 0.4) is 0 Å². The van der Waals surface area contributed by atoms with Crippen molar-refractivity contribution < 1.29 is 4.52 Å². The van der Waals surface area contributed by atoms with Gasteiger partial charge in [-0.15, -0.1) is 0 Å². The first-order valence-electron chi connectivity index (χ1n) is 5.81. The third kappa shape index (κ3) is 3.43. The Bertz CT molecular complexity index is 468. The summed E-state index contributed by atoms with van der Waals surface area (Å²) in [6.45, 7) is 7.08. The molecule has 2 rings (SSSR count). The zero-order valence-electron chi connectivity index (χ0n) is 10.5. The summed E-state index contributed by atoms with van der Waals surface area (Å²) in [5, 5.41) is 7.44. The molecule has 0 saturated heterocycles. The van der Waals surface area contributed by atoms with Gasteiger partial charge in [-0.2, -0.15) is 0 Å². The summed E-state index contributed by atoms with van der Waals surface area (Å²) in [7, 11) is 0. The zero-order valence-corrected chi connectivity index (χ0v) is 10.5. The Balaban J connectivity index is 2.07. The summed E-state index contributed by atoms with van der Waals surface area (Å²) < 4.78 is 5.30. The fourth-order valence-corrected chi connectivity index (χ4v) is 1.49. The van der Waals surface area contributed by atoms with E-state index in [0.29, 0.717) is 6.54 Å². The molecule has 3 heteroatoms. The third-order valence-corrected chi connectivity index (χ3v) is 2.42. The first kappa shape index (κ1) is 11.9. The van der Waals surface area contributed by atoms with Gasteiger partial charge in [0.2, 0.25) is 0 Å². The summed E-state index contributed by atoms with van der Waals surface area (Å²) in [5.41, 5.74) is 2.05. The molecule has 0 aliphatic rings. The van der Waals surface area contributed by atoms with Crippen LogP contribution in [0.15, 0.2) is 40.9 Å². The van der Waals surface area contributed by atoms with Gasteiger partial charge in [-0.05, 0) is 20.8 Å². The maximum Gasteiger partial charge on any atom is 0.151 e. The van der Waals surface area contributed by atoms with Crippen LogP contribution in [-0.2, 0) is 6.54 Å². The van der Waals surface area contributed by atoms with Crippen molar-refractivity contribution >= 4 is 0 Å². The molecule has 1 aromatic carbocycles. The van der Waals surface area contributed by atoms with Crippen LogP contribution in [0.25, 0.3) is 11.3 Å². The minimum Gasteiger partial charge on any atom is -0.359 e. The molecule has 0 saturated carbocycles. The summed E-state index contributed by atoms with van der Waals surface area (Å²) >= 11 is 0. The van der Waals surface area contributed by atoms with Crippen molar-refractivity contribution in [1.82, 2.24) is 10.5 Å². The summed E-state index contributed by atoms with van der Waals surface area (Å²) in [6, 6.07) is 12.0. The number of nitrogens with zero attached hydrogens (tertiary/aromatic N) is 1. The molecule has 90 valence electrons. The lowest BCUT2D eigenvalue weighted by Gasteiger charge is -2.19.